The quantitative estimate of drug-likeness (QED) is 0.795. The van der Waals surface area contributed by atoms with Crippen LogP contribution in [0.3, 0.4) is 0 Å². The Balaban J connectivity index is 1.50. The zero-order valence-electron chi connectivity index (χ0n) is 15.6. The highest BCUT2D eigenvalue weighted by molar-refractivity contribution is 5.94. The summed E-state index contributed by atoms with van der Waals surface area (Å²) < 4.78 is 4.62. The number of benzene rings is 1. The normalized spacial score (nSPS) is 14.6. The number of nitrogens with one attached hydrogen (secondary N) is 1. The van der Waals surface area contributed by atoms with Crippen LogP contribution in [0.1, 0.15) is 51.2 Å². The van der Waals surface area contributed by atoms with Crippen LogP contribution in [-0.4, -0.2) is 42.0 Å². The van der Waals surface area contributed by atoms with Crippen LogP contribution in [0.25, 0.3) is 0 Å². The predicted molar refractivity (Wildman–Crippen MR) is 102 cm³/mol. The number of nitrogens with zero attached hydrogens (tertiary/aromatic N) is 2. The lowest BCUT2D eigenvalue weighted by molar-refractivity contribution is 0.0599. The first kappa shape index (κ1) is 19.0. The van der Waals surface area contributed by atoms with E-state index in [1.807, 2.05) is 12.1 Å². The fraction of sp³-hybridized carbons (Fsp3) is 0.381. The lowest BCUT2D eigenvalue weighted by atomic mass is 10.1. The van der Waals surface area contributed by atoms with Gasteiger partial charge in [0.2, 0.25) is 0 Å². The molecule has 1 aliphatic rings. The van der Waals surface area contributed by atoms with Crippen molar-refractivity contribution < 1.29 is 14.3 Å². The molecular formula is C21H25N3O3. The van der Waals surface area contributed by atoms with Crippen LogP contribution in [-0.2, 0) is 17.8 Å². The Bertz CT molecular complexity index is 766. The molecular weight excluding hydrogens is 342 g/mol. The Labute approximate surface area is 159 Å². The summed E-state index contributed by atoms with van der Waals surface area (Å²) in [6.07, 6.45) is 5.27. The number of hydrogen-bond donors (Lipinski definition) is 1. The summed E-state index contributed by atoms with van der Waals surface area (Å²) in [7, 11) is 1.31. The van der Waals surface area contributed by atoms with Gasteiger partial charge < -0.3 is 10.1 Å². The van der Waals surface area contributed by atoms with Gasteiger partial charge in [0.1, 0.15) is 5.69 Å². The van der Waals surface area contributed by atoms with Crippen LogP contribution in [0.15, 0.2) is 42.6 Å². The average Bonchev–Trinajstić information content (AvgIpc) is 2.73. The molecule has 0 radical (unpaired) electrons. The first-order valence-electron chi connectivity index (χ1n) is 9.28. The van der Waals surface area contributed by atoms with Crippen molar-refractivity contribution >= 4 is 11.9 Å². The first-order valence-corrected chi connectivity index (χ1v) is 9.28. The van der Waals surface area contributed by atoms with Gasteiger partial charge in [0.25, 0.3) is 5.91 Å². The van der Waals surface area contributed by atoms with E-state index in [4.69, 9.17) is 0 Å². The Morgan fingerprint density at radius 3 is 2.37 bits per heavy atom. The zero-order chi connectivity index (χ0) is 19.1. The van der Waals surface area contributed by atoms with Crippen molar-refractivity contribution in [2.24, 2.45) is 0 Å². The van der Waals surface area contributed by atoms with Gasteiger partial charge in [-0.25, -0.2) is 4.79 Å². The minimum absolute atomic E-state index is 0.268. The molecule has 0 spiro atoms. The molecule has 0 aliphatic carbocycles. The van der Waals surface area contributed by atoms with E-state index in [0.29, 0.717) is 12.1 Å². The topological polar surface area (TPSA) is 71.5 Å². The Morgan fingerprint density at radius 1 is 1.04 bits per heavy atom. The molecule has 1 N–H and O–H groups in total. The molecule has 1 aromatic carbocycles. The molecule has 6 heteroatoms. The SMILES string of the molecule is COC(=O)c1ccc(C(=O)NCc2ccc(CN3CCCCC3)cc2)nc1. The van der Waals surface area contributed by atoms with Crippen LogP contribution < -0.4 is 5.32 Å². The minimum atomic E-state index is -0.473. The number of methoxy groups -OCH3 is 1. The van der Waals surface area contributed by atoms with Gasteiger partial charge in [-0.3, -0.25) is 14.7 Å². The van der Waals surface area contributed by atoms with E-state index in [1.165, 1.54) is 63.4 Å². The number of esters is 1. The standard InChI is InChI=1S/C21H25N3O3/c1-27-21(26)18-9-10-19(22-14-18)20(25)23-13-16-5-7-17(8-6-16)15-24-11-3-2-4-12-24/h5-10,14H,2-4,11-13,15H2,1H3,(H,23,25). The van der Waals surface area contributed by atoms with Crippen LogP contribution in [0, 0.1) is 0 Å². The lowest BCUT2D eigenvalue weighted by Crippen LogP contribution is -2.29. The second-order valence-corrected chi connectivity index (χ2v) is 6.76. The summed E-state index contributed by atoms with van der Waals surface area (Å²) in [6, 6.07) is 11.4. The van der Waals surface area contributed by atoms with Gasteiger partial charge in [-0.05, 0) is 49.2 Å². The molecule has 1 aliphatic heterocycles. The molecule has 6 nitrogen and oxygen atoms in total. The molecule has 0 unspecified atom stereocenters. The van der Waals surface area contributed by atoms with Gasteiger partial charge in [0.05, 0.1) is 12.7 Å². The molecule has 2 aromatic rings. The van der Waals surface area contributed by atoms with Crippen LogP contribution in [0.5, 0.6) is 0 Å². The molecule has 2 heterocycles. The van der Waals surface area contributed by atoms with Gasteiger partial charge in [0, 0.05) is 19.3 Å². The highest BCUT2D eigenvalue weighted by atomic mass is 16.5. The summed E-state index contributed by atoms with van der Waals surface area (Å²) in [6.45, 7) is 3.78. The predicted octanol–water partition coefficient (Wildman–Crippen LogP) is 2.78. The molecule has 1 fully saturated rings. The van der Waals surface area contributed by atoms with Gasteiger partial charge in [-0.1, -0.05) is 30.7 Å². The number of aromatic nitrogens is 1. The summed E-state index contributed by atoms with van der Waals surface area (Å²) in [5, 5.41) is 2.85. The highest BCUT2D eigenvalue weighted by Gasteiger charge is 2.11. The number of pyridine rings is 1. The number of piperidine rings is 1. The highest BCUT2D eigenvalue weighted by Crippen LogP contribution is 2.13. The number of likely N-dealkylation sites (tertiary alicyclic amines) is 1. The Morgan fingerprint density at radius 2 is 1.74 bits per heavy atom. The third-order valence-corrected chi connectivity index (χ3v) is 4.75. The number of amides is 1. The number of rotatable bonds is 6. The van der Waals surface area contributed by atoms with Crippen molar-refractivity contribution in [2.75, 3.05) is 20.2 Å². The maximum absolute atomic E-state index is 12.2. The van der Waals surface area contributed by atoms with E-state index < -0.39 is 5.97 Å². The van der Waals surface area contributed by atoms with Gasteiger partial charge in [0.15, 0.2) is 0 Å². The fourth-order valence-corrected chi connectivity index (χ4v) is 3.18. The molecule has 3 rings (SSSR count). The lowest BCUT2D eigenvalue weighted by Gasteiger charge is -2.26. The van der Waals surface area contributed by atoms with E-state index in [9.17, 15) is 9.59 Å². The fourth-order valence-electron chi connectivity index (χ4n) is 3.18. The molecule has 142 valence electrons. The number of hydrogen-bond acceptors (Lipinski definition) is 5. The summed E-state index contributed by atoms with van der Waals surface area (Å²) in [4.78, 5) is 30.1. The summed E-state index contributed by atoms with van der Waals surface area (Å²) >= 11 is 0. The van der Waals surface area contributed by atoms with Gasteiger partial charge in [-0.15, -0.1) is 0 Å². The maximum atomic E-state index is 12.2. The zero-order valence-corrected chi connectivity index (χ0v) is 15.6. The monoisotopic (exact) mass is 367 g/mol. The van der Waals surface area contributed by atoms with Crippen molar-refractivity contribution in [2.45, 2.75) is 32.4 Å². The van der Waals surface area contributed by atoms with Crippen molar-refractivity contribution in [3.8, 4) is 0 Å². The maximum Gasteiger partial charge on any atom is 0.339 e. The van der Waals surface area contributed by atoms with Crippen LogP contribution >= 0.6 is 0 Å². The van der Waals surface area contributed by atoms with Crippen molar-refractivity contribution in [3.63, 3.8) is 0 Å². The summed E-state index contributed by atoms with van der Waals surface area (Å²) in [5.74, 6) is -0.747. The van der Waals surface area contributed by atoms with E-state index in [2.05, 4.69) is 32.1 Å². The van der Waals surface area contributed by atoms with E-state index in [-0.39, 0.29) is 11.6 Å². The van der Waals surface area contributed by atoms with Crippen LogP contribution in [0.4, 0.5) is 0 Å². The molecule has 1 amide bonds. The molecule has 0 saturated carbocycles. The second kappa shape index (κ2) is 9.28. The third kappa shape index (κ3) is 5.37. The van der Waals surface area contributed by atoms with Gasteiger partial charge >= 0.3 is 5.97 Å². The molecule has 0 bridgehead atoms. The van der Waals surface area contributed by atoms with E-state index >= 15 is 0 Å². The molecule has 1 aromatic heterocycles. The second-order valence-electron chi connectivity index (χ2n) is 6.76. The third-order valence-electron chi connectivity index (χ3n) is 4.75. The van der Waals surface area contributed by atoms with Crippen molar-refractivity contribution in [1.82, 2.24) is 15.2 Å². The van der Waals surface area contributed by atoms with Crippen molar-refractivity contribution in [3.05, 3.63) is 65.0 Å². The number of carbonyl (C=O) groups is 2. The van der Waals surface area contributed by atoms with E-state index in [0.717, 1.165) is 12.1 Å². The minimum Gasteiger partial charge on any atom is -0.465 e. The summed E-state index contributed by atoms with van der Waals surface area (Å²) in [5.41, 5.74) is 2.92. The van der Waals surface area contributed by atoms with Gasteiger partial charge in [-0.2, -0.15) is 0 Å². The molecule has 1 saturated heterocycles. The molecule has 27 heavy (non-hydrogen) atoms. The van der Waals surface area contributed by atoms with Crippen molar-refractivity contribution in [1.29, 1.82) is 0 Å². The van der Waals surface area contributed by atoms with Crippen LogP contribution in [0.2, 0.25) is 0 Å². The number of carbonyl (C=O) groups excluding carboxylic acids is 2. The largest absolute Gasteiger partial charge is 0.465 e. The number of ether oxygens (including phenoxy) is 1. The molecule has 0 atom stereocenters. The Kier molecular flexibility index (Phi) is 6.54. The van der Waals surface area contributed by atoms with E-state index in [1.54, 1.807) is 0 Å². The Hall–Kier alpha value is -2.73. The smallest absolute Gasteiger partial charge is 0.339 e. The average molecular weight is 367 g/mol. The first-order chi connectivity index (χ1) is 13.2.